The summed E-state index contributed by atoms with van der Waals surface area (Å²) in [6.45, 7) is 1.10. The molecule has 0 bridgehead atoms. The Morgan fingerprint density at radius 2 is 1.94 bits per heavy atom. The van der Waals surface area contributed by atoms with Crippen molar-refractivity contribution in [3.05, 3.63) is 58.3 Å². The molecule has 96 valence electrons. The molecule has 1 unspecified atom stereocenters. The molecule has 0 amide bonds. The fraction of sp³-hybridized carbons (Fsp3) is 0.375. The molecule has 0 fully saturated rings. The molecule has 0 aliphatic rings. The zero-order valence-corrected chi connectivity index (χ0v) is 11.7. The highest BCUT2D eigenvalue weighted by Gasteiger charge is 2.09. The molecule has 1 N–H and O–H groups in total. The van der Waals surface area contributed by atoms with Crippen molar-refractivity contribution in [2.75, 3.05) is 13.6 Å². The Labute approximate surface area is 114 Å². The molecule has 1 atom stereocenters. The van der Waals surface area contributed by atoms with E-state index in [1.54, 1.807) is 0 Å². The topological polar surface area (TPSA) is 12.0 Å². The van der Waals surface area contributed by atoms with Crippen LogP contribution in [0.5, 0.6) is 0 Å². The molecule has 1 aromatic carbocycles. The van der Waals surface area contributed by atoms with Crippen molar-refractivity contribution in [2.45, 2.75) is 19.3 Å². The van der Waals surface area contributed by atoms with Crippen LogP contribution in [0.15, 0.2) is 47.8 Å². The number of rotatable bonds is 7. The molecule has 18 heavy (non-hydrogen) atoms. The normalized spacial score (nSPS) is 12.5. The zero-order chi connectivity index (χ0) is 12.6. The van der Waals surface area contributed by atoms with Gasteiger partial charge >= 0.3 is 0 Å². The van der Waals surface area contributed by atoms with Gasteiger partial charge in [-0.05, 0) is 55.8 Å². The largest absolute Gasteiger partial charge is 0.319 e. The molecular weight excluding hydrogens is 238 g/mol. The highest BCUT2D eigenvalue weighted by Crippen LogP contribution is 2.17. The minimum absolute atomic E-state index is 0.722. The van der Waals surface area contributed by atoms with Crippen LogP contribution in [0.2, 0.25) is 0 Å². The van der Waals surface area contributed by atoms with Gasteiger partial charge in [0.25, 0.3) is 0 Å². The predicted molar refractivity (Wildman–Crippen MR) is 80.2 cm³/mol. The Hall–Kier alpha value is -1.12. The van der Waals surface area contributed by atoms with Gasteiger partial charge in [0.2, 0.25) is 0 Å². The van der Waals surface area contributed by atoms with E-state index in [1.807, 2.05) is 18.4 Å². The third kappa shape index (κ3) is 4.28. The first-order chi connectivity index (χ1) is 8.88. The van der Waals surface area contributed by atoms with Crippen LogP contribution in [0.3, 0.4) is 0 Å². The van der Waals surface area contributed by atoms with Gasteiger partial charge in [0, 0.05) is 4.88 Å². The molecule has 2 aromatic rings. The van der Waals surface area contributed by atoms with E-state index in [0.717, 1.165) is 12.5 Å². The first-order valence-electron chi connectivity index (χ1n) is 6.59. The summed E-state index contributed by atoms with van der Waals surface area (Å²) in [5, 5.41) is 5.49. The Morgan fingerprint density at radius 3 is 2.61 bits per heavy atom. The number of aryl methyl sites for hydroxylation is 1. The molecule has 2 heteroatoms. The number of thiophene rings is 1. The molecule has 0 saturated heterocycles. The van der Waals surface area contributed by atoms with E-state index in [1.165, 1.54) is 29.7 Å². The van der Waals surface area contributed by atoms with Crippen LogP contribution >= 0.6 is 11.3 Å². The summed E-state index contributed by atoms with van der Waals surface area (Å²) in [5.74, 6) is 0.722. The molecule has 0 radical (unpaired) electrons. The molecule has 0 aliphatic carbocycles. The van der Waals surface area contributed by atoms with Gasteiger partial charge in [0.15, 0.2) is 0 Å². The summed E-state index contributed by atoms with van der Waals surface area (Å²) in [4.78, 5) is 1.50. The molecule has 1 heterocycles. The Bertz CT molecular complexity index is 422. The SMILES string of the molecule is CNCC(CCc1cccs1)Cc1ccccc1. The summed E-state index contributed by atoms with van der Waals surface area (Å²) in [6, 6.07) is 15.2. The van der Waals surface area contributed by atoms with Crippen molar-refractivity contribution >= 4 is 11.3 Å². The standard InChI is InChI=1S/C16H21NS/c1-17-13-15(9-10-16-8-5-11-18-16)12-14-6-3-2-4-7-14/h2-8,11,15,17H,9-10,12-13H2,1H3. The highest BCUT2D eigenvalue weighted by molar-refractivity contribution is 7.09. The number of hydrogen-bond acceptors (Lipinski definition) is 2. The summed E-state index contributed by atoms with van der Waals surface area (Å²) < 4.78 is 0. The van der Waals surface area contributed by atoms with Gasteiger partial charge in [0.1, 0.15) is 0 Å². The average molecular weight is 259 g/mol. The van der Waals surface area contributed by atoms with Crippen LogP contribution in [0.25, 0.3) is 0 Å². The number of nitrogens with one attached hydrogen (secondary N) is 1. The van der Waals surface area contributed by atoms with Crippen molar-refractivity contribution in [2.24, 2.45) is 5.92 Å². The zero-order valence-electron chi connectivity index (χ0n) is 10.9. The van der Waals surface area contributed by atoms with Crippen LogP contribution in [-0.2, 0) is 12.8 Å². The van der Waals surface area contributed by atoms with Crippen molar-refractivity contribution in [3.63, 3.8) is 0 Å². The summed E-state index contributed by atoms with van der Waals surface area (Å²) >= 11 is 1.87. The molecule has 1 nitrogen and oxygen atoms in total. The second-order valence-electron chi connectivity index (χ2n) is 4.73. The van der Waals surface area contributed by atoms with Gasteiger partial charge in [-0.2, -0.15) is 0 Å². The van der Waals surface area contributed by atoms with E-state index in [2.05, 4.69) is 53.2 Å². The van der Waals surface area contributed by atoms with Gasteiger partial charge < -0.3 is 5.32 Å². The highest BCUT2D eigenvalue weighted by atomic mass is 32.1. The molecular formula is C16H21NS. The number of benzene rings is 1. The van der Waals surface area contributed by atoms with Crippen molar-refractivity contribution in [1.29, 1.82) is 0 Å². The van der Waals surface area contributed by atoms with E-state index in [-0.39, 0.29) is 0 Å². The quantitative estimate of drug-likeness (QED) is 0.798. The smallest absolute Gasteiger partial charge is 0.00453 e. The van der Waals surface area contributed by atoms with Crippen LogP contribution < -0.4 is 5.32 Å². The lowest BCUT2D eigenvalue weighted by Crippen LogP contribution is -2.21. The minimum atomic E-state index is 0.722. The van der Waals surface area contributed by atoms with Gasteiger partial charge in [0.05, 0.1) is 0 Å². The molecule has 0 saturated carbocycles. The molecule has 1 aromatic heterocycles. The lowest BCUT2D eigenvalue weighted by molar-refractivity contribution is 0.462. The minimum Gasteiger partial charge on any atom is -0.319 e. The maximum absolute atomic E-state index is 3.32. The van der Waals surface area contributed by atoms with E-state index < -0.39 is 0 Å². The van der Waals surface area contributed by atoms with E-state index >= 15 is 0 Å². The monoisotopic (exact) mass is 259 g/mol. The van der Waals surface area contributed by atoms with E-state index in [4.69, 9.17) is 0 Å². The Morgan fingerprint density at radius 1 is 1.11 bits per heavy atom. The molecule has 0 aliphatic heterocycles. The van der Waals surface area contributed by atoms with Crippen molar-refractivity contribution < 1.29 is 0 Å². The van der Waals surface area contributed by atoms with Gasteiger partial charge in [-0.25, -0.2) is 0 Å². The third-order valence-electron chi connectivity index (χ3n) is 3.24. The third-order valence-corrected chi connectivity index (χ3v) is 4.18. The van der Waals surface area contributed by atoms with E-state index in [9.17, 15) is 0 Å². The Balaban J connectivity index is 1.87. The number of hydrogen-bond donors (Lipinski definition) is 1. The fourth-order valence-corrected chi connectivity index (χ4v) is 3.04. The predicted octanol–water partition coefficient (Wildman–Crippen LogP) is 3.76. The van der Waals surface area contributed by atoms with Gasteiger partial charge in [-0.1, -0.05) is 36.4 Å². The summed E-state index contributed by atoms with van der Waals surface area (Å²) in [7, 11) is 2.04. The molecule has 0 spiro atoms. The Kier molecular flexibility index (Phi) is 5.43. The first-order valence-corrected chi connectivity index (χ1v) is 7.47. The van der Waals surface area contributed by atoms with Gasteiger partial charge in [-0.3, -0.25) is 0 Å². The maximum Gasteiger partial charge on any atom is 0.00453 e. The van der Waals surface area contributed by atoms with Crippen molar-refractivity contribution in [1.82, 2.24) is 5.32 Å². The van der Waals surface area contributed by atoms with Crippen LogP contribution in [0.1, 0.15) is 16.9 Å². The maximum atomic E-state index is 3.32. The van der Waals surface area contributed by atoms with Crippen LogP contribution in [0.4, 0.5) is 0 Å². The second kappa shape index (κ2) is 7.34. The van der Waals surface area contributed by atoms with Gasteiger partial charge in [-0.15, -0.1) is 11.3 Å². The van der Waals surface area contributed by atoms with E-state index in [0.29, 0.717) is 0 Å². The average Bonchev–Trinajstić information content (AvgIpc) is 2.91. The van der Waals surface area contributed by atoms with Crippen LogP contribution in [-0.4, -0.2) is 13.6 Å². The fourth-order valence-electron chi connectivity index (χ4n) is 2.31. The first kappa shape index (κ1) is 13.3. The molecule has 2 rings (SSSR count). The summed E-state index contributed by atoms with van der Waals surface area (Å²) in [6.07, 6.45) is 3.64. The lowest BCUT2D eigenvalue weighted by atomic mass is 9.94. The van der Waals surface area contributed by atoms with Crippen molar-refractivity contribution in [3.8, 4) is 0 Å². The summed E-state index contributed by atoms with van der Waals surface area (Å²) in [5.41, 5.74) is 1.45. The van der Waals surface area contributed by atoms with Crippen LogP contribution in [0, 0.1) is 5.92 Å². The second-order valence-corrected chi connectivity index (χ2v) is 5.76. The lowest BCUT2D eigenvalue weighted by Gasteiger charge is -2.16.